The van der Waals surface area contributed by atoms with E-state index in [1.807, 2.05) is 0 Å². The Bertz CT molecular complexity index is 890. The van der Waals surface area contributed by atoms with E-state index in [1.165, 1.54) is 24.4 Å². The molecular formula is C18H21Cl2FN2O3S. The fraction of sp³-hybridized carbons (Fsp3) is 0.444. The summed E-state index contributed by atoms with van der Waals surface area (Å²) in [5, 5.41) is 13.6. The van der Waals surface area contributed by atoms with Gasteiger partial charge in [0.2, 0.25) is 10.0 Å². The molecule has 0 aromatic heterocycles. The minimum atomic E-state index is -3.86. The molecule has 1 heterocycles. The van der Waals surface area contributed by atoms with Crippen LogP contribution in [-0.4, -0.2) is 25.2 Å². The first kappa shape index (κ1) is 20.6. The third kappa shape index (κ3) is 4.84. The van der Waals surface area contributed by atoms with Gasteiger partial charge in [0.15, 0.2) is 0 Å². The molecule has 0 saturated heterocycles. The number of dihydropyridines is 1. The summed E-state index contributed by atoms with van der Waals surface area (Å²) in [5.41, 5.74) is -0.531. The Hall–Kier alpha value is -1.12. The molecule has 5 nitrogen and oxygen atoms in total. The van der Waals surface area contributed by atoms with Crippen molar-refractivity contribution in [2.45, 2.75) is 55.2 Å². The standard InChI is InChI=1S/C18H21Cl2FN2O3S/c1-18(24)6-4-12(5-7-18)23-27(25,26)13-2-3-14(16(21)9-13)17-15(20)8-11(19)10-22-17/h2-3,8-10,12,17,22-24H,4-7H2,1H3. The van der Waals surface area contributed by atoms with Crippen LogP contribution in [0.2, 0.25) is 0 Å². The monoisotopic (exact) mass is 434 g/mol. The topological polar surface area (TPSA) is 78.4 Å². The zero-order valence-corrected chi connectivity index (χ0v) is 17.0. The minimum absolute atomic E-state index is 0.148. The Labute approximate surface area is 168 Å². The lowest BCUT2D eigenvalue weighted by molar-refractivity contribution is 0.0163. The Balaban J connectivity index is 1.76. The molecule has 148 valence electrons. The van der Waals surface area contributed by atoms with Crippen LogP contribution < -0.4 is 10.0 Å². The van der Waals surface area contributed by atoms with Crippen LogP contribution in [0, 0.1) is 5.82 Å². The summed E-state index contributed by atoms with van der Waals surface area (Å²) in [7, 11) is -3.86. The van der Waals surface area contributed by atoms with Crippen LogP contribution in [0.3, 0.4) is 0 Å². The lowest BCUT2D eigenvalue weighted by Gasteiger charge is -2.33. The van der Waals surface area contributed by atoms with Gasteiger partial charge in [-0.15, -0.1) is 0 Å². The van der Waals surface area contributed by atoms with Crippen molar-refractivity contribution in [3.8, 4) is 0 Å². The van der Waals surface area contributed by atoms with Gasteiger partial charge in [-0.25, -0.2) is 17.5 Å². The fourth-order valence-corrected chi connectivity index (χ4v) is 5.14. The predicted molar refractivity (Wildman–Crippen MR) is 103 cm³/mol. The molecule has 0 spiro atoms. The van der Waals surface area contributed by atoms with Crippen molar-refractivity contribution in [2.75, 3.05) is 0 Å². The van der Waals surface area contributed by atoms with Crippen LogP contribution in [0.25, 0.3) is 0 Å². The summed E-state index contributed by atoms with van der Waals surface area (Å²) in [5.74, 6) is -0.681. The van der Waals surface area contributed by atoms with Crippen molar-refractivity contribution < 1.29 is 17.9 Å². The maximum Gasteiger partial charge on any atom is 0.240 e. The van der Waals surface area contributed by atoms with Crippen LogP contribution in [0.4, 0.5) is 4.39 Å². The number of sulfonamides is 1. The Morgan fingerprint density at radius 1 is 1.30 bits per heavy atom. The van der Waals surface area contributed by atoms with Crippen molar-refractivity contribution >= 4 is 33.2 Å². The molecule has 0 bridgehead atoms. The largest absolute Gasteiger partial charge is 0.390 e. The van der Waals surface area contributed by atoms with Gasteiger partial charge in [0.25, 0.3) is 0 Å². The quantitative estimate of drug-likeness (QED) is 0.675. The Morgan fingerprint density at radius 3 is 2.56 bits per heavy atom. The first-order valence-electron chi connectivity index (χ1n) is 8.60. The molecule has 27 heavy (non-hydrogen) atoms. The molecule has 1 atom stereocenters. The molecule has 1 aliphatic heterocycles. The second-order valence-corrected chi connectivity index (χ2v) is 9.82. The van der Waals surface area contributed by atoms with Crippen molar-refractivity contribution in [3.05, 3.63) is 51.9 Å². The number of benzene rings is 1. The van der Waals surface area contributed by atoms with Gasteiger partial charge in [0.1, 0.15) is 5.82 Å². The van der Waals surface area contributed by atoms with Crippen LogP contribution in [0.1, 0.15) is 44.2 Å². The zero-order chi connectivity index (χ0) is 19.8. The van der Waals surface area contributed by atoms with Gasteiger partial charge in [-0.3, -0.25) is 0 Å². The van der Waals surface area contributed by atoms with Crippen molar-refractivity contribution in [1.29, 1.82) is 0 Å². The molecule has 3 N–H and O–H groups in total. The van der Waals surface area contributed by atoms with Gasteiger partial charge >= 0.3 is 0 Å². The third-order valence-electron chi connectivity index (χ3n) is 4.92. The normalized spacial score (nSPS) is 28.9. The van der Waals surface area contributed by atoms with Crippen LogP contribution in [0.5, 0.6) is 0 Å². The van der Waals surface area contributed by atoms with Crippen molar-refractivity contribution in [1.82, 2.24) is 10.0 Å². The van der Waals surface area contributed by atoms with E-state index in [2.05, 4.69) is 10.0 Å². The lowest BCUT2D eigenvalue weighted by Crippen LogP contribution is -2.42. The second-order valence-electron chi connectivity index (χ2n) is 7.23. The van der Waals surface area contributed by atoms with Gasteiger partial charge in [0.05, 0.1) is 21.6 Å². The highest BCUT2D eigenvalue weighted by Crippen LogP contribution is 2.33. The van der Waals surface area contributed by atoms with E-state index in [0.717, 1.165) is 6.07 Å². The minimum Gasteiger partial charge on any atom is -0.390 e. The maximum absolute atomic E-state index is 14.6. The number of allylic oxidation sites excluding steroid dienone is 2. The molecule has 1 aromatic rings. The summed E-state index contributed by atoms with van der Waals surface area (Å²) in [6, 6.07) is 2.84. The van der Waals surface area contributed by atoms with Gasteiger partial charge in [-0.2, -0.15) is 0 Å². The molecule has 1 unspecified atom stereocenters. The molecule has 3 rings (SSSR count). The van der Waals surface area contributed by atoms with E-state index < -0.39 is 27.5 Å². The Morgan fingerprint density at radius 2 is 1.96 bits per heavy atom. The molecule has 2 aliphatic rings. The van der Waals surface area contributed by atoms with E-state index in [-0.39, 0.29) is 16.5 Å². The highest BCUT2D eigenvalue weighted by Gasteiger charge is 2.31. The molecule has 1 aliphatic carbocycles. The molecule has 0 amide bonds. The number of aliphatic hydroxyl groups is 1. The van der Waals surface area contributed by atoms with E-state index in [1.54, 1.807) is 6.92 Å². The molecule has 9 heteroatoms. The van der Waals surface area contributed by atoms with E-state index in [4.69, 9.17) is 23.2 Å². The van der Waals surface area contributed by atoms with Crippen LogP contribution >= 0.6 is 23.2 Å². The smallest absolute Gasteiger partial charge is 0.240 e. The molecule has 0 radical (unpaired) electrons. The van der Waals surface area contributed by atoms with Crippen molar-refractivity contribution in [3.63, 3.8) is 0 Å². The molecule has 1 fully saturated rings. The summed E-state index contributed by atoms with van der Waals surface area (Å²) in [4.78, 5) is -0.148. The number of hydrogen-bond acceptors (Lipinski definition) is 4. The SMILES string of the molecule is CC1(O)CCC(NS(=O)(=O)c2ccc(C3NC=C(Cl)C=C3Cl)c(F)c2)CC1. The van der Waals surface area contributed by atoms with Gasteiger partial charge < -0.3 is 10.4 Å². The highest BCUT2D eigenvalue weighted by molar-refractivity contribution is 7.89. The number of hydrogen-bond donors (Lipinski definition) is 3. The summed E-state index contributed by atoms with van der Waals surface area (Å²) >= 11 is 12.0. The first-order valence-corrected chi connectivity index (χ1v) is 10.8. The molecular weight excluding hydrogens is 414 g/mol. The number of rotatable bonds is 4. The second kappa shape index (κ2) is 7.72. The average molecular weight is 435 g/mol. The lowest BCUT2D eigenvalue weighted by atomic mass is 9.84. The van der Waals surface area contributed by atoms with Gasteiger partial charge in [-0.05, 0) is 50.8 Å². The third-order valence-corrected chi connectivity index (χ3v) is 6.98. The van der Waals surface area contributed by atoms with Crippen LogP contribution in [-0.2, 0) is 10.0 Å². The van der Waals surface area contributed by atoms with E-state index in [9.17, 15) is 17.9 Å². The highest BCUT2D eigenvalue weighted by atomic mass is 35.5. The van der Waals surface area contributed by atoms with Gasteiger partial charge in [-0.1, -0.05) is 29.3 Å². The van der Waals surface area contributed by atoms with Crippen LogP contribution in [0.15, 0.2) is 45.4 Å². The zero-order valence-electron chi connectivity index (χ0n) is 14.7. The summed E-state index contributed by atoms with van der Waals surface area (Å²) in [6.07, 6.45) is 5.11. The average Bonchev–Trinajstić information content (AvgIpc) is 2.57. The Kier molecular flexibility index (Phi) is 5.89. The predicted octanol–water partition coefficient (Wildman–Crippen LogP) is 3.64. The summed E-state index contributed by atoms with van der Waals surface area (Å²) < 4.78 is 42.4. The van der Waals surface area contributed by atoms with Gasteiger partial charge in [0, 0.05) is 22.8 Å². The van der Waals surface area contributed by atoms with Crippen molar-refractivity contribution in [2.24, 2.45) is 0 Å². The maximum atomic E-state index is 14.6. The van der Waals surface area contributed by atoms with E-state index >= 15 is 0 Å². The number of nitrogens with one attached hydrogen (secondary N) is 2. The first-order chi connectivity index (χ1) is 12.6. The summed E-state index contributed by atoms with van der Waals surface area (Å²) in [6.45, 7) is 1.74. The molecule has 1 saturated carbocycles. The fourth-order valence-electron chi connectivity index (χ4n) is 3.29. The number of halogens is 3. The van der Waals surface area contributed by atoms with E-state index in [0.29, 0.717) is 35.7 Å². The molecule has 1 aromatic carbocycles.